The minimum atomic E-state index is -0.695. The molecule has 0 aromatic heterocycles. The molecule has 1 saturated heterocycles. The van der Waals surface area contributed by atoms with Crippen LogP contribution < -0.4 is 10.6 Å². The van der Waals surface area contributed by atoms with Crippen molar-refractivity contribution in [3.63, 3.8) is 0 Å². The Balaban J connectivity index is 1.42. The Morgan fingerprint density at radius 3 is 2.44 bits per heavy atom. The van der Waals surface area contributed by atoms with E-state index >= 15 is 0 Å². The van der Waals surface area contributed by atoms with E-state index in [2.05, 4.69) is 10.6 Å². The van der Waals surface area contributed by atoms with Crippen molar-refractivity contribution in [3.8, 4) is 0 Å². The highest BCUT2D eigenvalue weighted by Crippen LogP contribution is 2.31. The van der Waals surface area contributed by atoms with Crippen LogP contribution in [-0.2, 0) is 14.4 Å². The highest BCUT2D eigenvalue weighted by Gasteiger charge is 2.36. The second-order valence-electron chi connectivity index (χ2n) is 6.84. The third kappa shape index (κ3) is 4.82. The van der Waals surface area contributed by atoms with Crippen molar-refractivity contribution in [2.75, 3.05) is 17.2 Å². The van der Waals surface area contributed by atoms with E-state index in [4.69, 9.17) is 11.6 Å². The zero-order chi connectivity index (χ0) is 22.7. The second kappa shape index (κ2) is 9.25. The Bertz CT molecular complexity index is 1270. The molecular weight excluding hydrogens is 450 g/mol. The quantitative estimate of drug-likeness (QED) is 0.535. The van der Waals surface area contributed by atoms with Crippen LogP contribution in [0.25, 0.3) is 10.8 Å². The predicted octanol–water partition coefficient (Wildman–Crippen LogP) is 4.65. The van der Waals surface area contributed by atoms with E-state index in [-0.39, 0.29) is 4.91 Å². The van der Waals surface area contributed by atoms with Crippen LogP contribution in [0.15, 0.2) is 77.7 Å². The van der Waals surface area contributed by atoms with Gasteiger partial charge in [0.1, 0.15) is 6.54 Å². The van der Waals surface area contributed by atoms with E-state index in [1.165, 1.54) is 0 Å². The number of amides is 4. The standard InChI is InChI=1S/C23H16ClN3O4S/c24-15-8-10-16(11-9-15)25-20(28)12-19-22(30)27(23(31)32-19)13-21(29)26-18-7-3-5-14-4-1-2-6-17(14)18/h1-12H,13H2,(H,25,28)(H,26,29)/b19-12-. The number of hydrogen-bond acceptors (Lipinski definition) is 5. The Morgan fingerprint density at radius 1 is 0.938 bits per heavy atom. The summed E-state index contributed by atoms with van der Waals surface area (Å²) in [5, 5.41) is 7.03. The zero-order valence-electron chi connectivity index (χ0n) is 16.5. The molecule has 3 aromatic carbocycles. The number of nitrogens with zero attached hydrogens (tertiary/aromatic N) is 1. The Labute approximate surface area is 192 Å². The fourth-order valence-corrected chi connectivity index (χ4v) is 4.07. The molecule has 0 saturated carbocycles. The predicted molar refractivity (Wildman–Crippen MR) is 125 cm³/mol. The number of thioether (sulfide) groups is 1. The molecular formula is C23H16ClN3O4S. The normalized spacial score (nSPS) is 14.8. The summed E-state index contributed by atoms with van der Waals surface area (Å²) in [6, 6.07) is 19.4. The number of fused-ring (bicyclic) bond motifs is 1. The van der Waals surface area contributed by atoms with Gasteiger partial charge >= 0.3 is 0 Å². The Kier molecular flexibility index (Phi) is 6.25. The van der Waals surface area contributed by atoms with Crippen LogP contribution in [0.3, 0.4) is 0 Å². The molecule has 1 fully saturated rings. The third-order valence-corrected chi connectivity index (χ3v) is 5.77. The summed E-state index contributed by atoms with van der Waals surface area (Å²) >= 11 is 6.42. The van der Waals surface area contributed by atoms with Crippen molar-refractivity contribution in [2.45, 2.75) is 0 Å². The Hall–Kier alpha value is -3.62. The maximum atomic E-state index is 12.6. The van der Waals surface area contributed by atoms with E-state index in [1.807, 2.05) is 30.3 Å². The largest absolute Gasteiger partial charge is 0.324 e. The molecule has 7 nitrogen and oxygen atoms in total. The van der Waals surface area contributed by atoms with Crippen molar-refractivity contribution in [2.24, 2.45) is 0 Å². The lowest BCUT2D eigenvalue weighted by atomic mass is 10.1. The van der Waals surface area contributed by atoms with Gasteiger partial charge in [-0.15, -0.1) is 0 Å². The van der Waals surface area contributed by atoms with E-state index in [0.717, 1.165) is 21.7 Å². The summed E-state index contributed by atoms with van der Waals surface area (Å²) in [7, 11) is 0. The van der Waals surface area contributed by atoms with E-state index in [1.54, 1.807) is 36.4 Å². The first kappa shape index (κ1) is 21.6. The van der Waals surface area contributed by atoms with Crippen LogP contribution >= 0.6 is 23.4 Å². The van der Waals surface area contributed by atoms with Gasteiger partial charge in [-0.05, 0) is 47.5 Å². The molecule has 4 rings (SSSR count). The SMILES string of the molecule is O=C(/C=C1\SC(=O)N(CC(=O)Nc2cccc3ccccc23)C1=O)Nc1ccc(Cl)cc1. The summed E-state index contributed by atoms with van der Waals surface area (Å²) in [4.78, 5) is 50.3. The second-order valence-corrected chi connectivity index (χ2v) is 8.27. The lowest BCUT2D eigenvalue weighted by molar-refractivity contribution is -0.127. The molecule has 2 N–H and O–H groups in total. The first-order chi connectivity index (χ1) is 15.4. The number of rotatable bonds is 5. The minimum absolute atomic E-state index is 0.0561. The highest BCUT2D eigenvalue weighted by molar-refractivity contribution is 8.18. The van der Waals surface area contributed by atoms with E-state index in [9.17, 15) is 19.2 Å². The van der Waals surface area contributed by atoms with Gasteiger partial charge in [0.25, 0.3) is 11.1 Å². The van der Waals surface area contributed by atoms with Crippen molar-refractivity contribution in [1.29, 1.82) is 0 Å². The highest BCUT2D eigenvalue weighted by atomic mass is 35.5. The van der Waals surface area contributed by atoms with Gasteiger partial charge in [-0.1, -0.05) is 48.0 Å². The molecule has 1 heterocycles. The number of hydrogen-bond donors (Lipinski definition) is 2. The van der Waals surface area contributed by atoms with Crippen molar-refractivity contribution >= 4 is 68.5 Å². The van der Waals surface area contributed by atoms with Crippen LogP contribution in [0.2, 0.25) is 5.02 Å². The lowest BCUT2D eigenvalue weighted by Crippen LogP contribution is -2.36. The molecule has 0 bridgehead atoms. The number of nitrogens with one attached hydrogen (secondary N) is 2. The van der Waals surface area contributed by atoms with Gasteiger partial charge in [-0.3, -0.25) is 24.1 Å². The molecule has 32 heavy (non-hydrogen) atoms. The van der Waals surface area contributed by atoms with E-state index < -0.39 is 29.5 Å². The first-order valence-electron chi connectivity index (χ1n) is 9.50. The summed E-state index contributed by atoms with van der Waals surface area (Å²) in [5.41, 5.74) is 1.07. The minimum Gasteiger partial charge on any atom is -0.324 e. The van der Waals surface area contributed by atoms with Crippen LogP contribution in [0.1, 0.15) is 0 Å². The van der Waals surface area contributed by atoms with Gasteiger partial charge in [-0.25, -0.2) is 0 Å². The molecule has 1 aliphatic heterocycles. The van der Waals surface area contributed by atoms with Gasteiger partial charge < -0.3 is 10.6 Å². The summed E-state index contributed by atoms with van der Waals surface area (Å²) < 4.78 is 0. The Morgan fingerprint density at radius 2 is 1.66 bits per heavy atom. The van der Waals surface area contributed by atoms with Crippen molar-refractivity contribution in [1.82, 2.24) is 4.90 Å². The van der Waals surface area contributed by atoms with Gasteiger partial charge in [0, 0.05) is 27.9 Å². The number of carbonyl (C=O) groups excluding carboxylic acids is 4. The molecule has 0 spiro atoms. The van der Waals surface area contributed by atoms with Gasteiger partial charge in [0.2, 0.25) is 11.8 Å². The monoisotopic (exact) mass is 465 g/mol. The molecule has 0 aliphatic carbocycles. The lowest BCUT2D eigenvalue weighted by Gasteiger charge is -2.13. The first-order valence-corrected chi connectivity index (χ1v) is 10.7. The molecule has 0 atom stereocenters. The molecule has 160 valence electrons. The topological polar surface area (TPSA) is 95.6 Å². The summed E-state index contributed by atoms with van der Waals surface area (Å²) in [6.07, 6.45) is 1.04. The van der Waals surface area contributed by atoms with Crippen molar-refractivity contribution < 1.29 is 19.2 Å². The van der Waals surface area contributed by atoms with Gasteiger partial charge in [-0.2, -0.15) is 0 Å². The molecule has 9 heteroatoms. The average Bonchev–Trinajstić information content (AvgIpc) is 3.03. The molecule has 0 radical (unpaired) electrons. The molecule has 4 amide bonds. The van der Waals surface area contributed by atoms with Crippen LogP contribution in [0.4, 0.5) is 16.2 Å². The average molecular weight is 466 g/mol. The molecule has 3 aromatic rings. The van der Waals surface area contributed by atoms with Crippen LogP contribution in [0.5, 0.6) is 0 Å². The third-order valence-electron chi connectivity index (χ3n) is 4.61. The zero-order valence-corrected chi connectivity index (χ0v) is 18.1. The van der Waals surface area contributed by atoms with Gasteiger partial charge in [0.15, 0.2) is 0 Å². The maximum absolute atomic E-state index is 12.6. The number of anilines is 2. The number of halogens is 1. The number of carbonyl (C=O) groups is 4. The maximum Gasteiger partial charge on any atom is 0.294 e. The fourth-order valence-electron chi connectivity index (χ4n) is 3.13. The van der Waals surface area contributed by atoms with Gasteiger partial charge in [0.05, 0.1) is 4.91 Å². The summed E-state index contributed by atoms with van der Waals surface area (Å²) in [6.45, 7) is -0.454. The number of imide groups is 1. The van der Waals surface area contributed by atoms with E-state index in [0.29, 0.717) is 28.2 Å². The number of benzene rings is 3. The molecule has 0 unspecified atom stereocenters. The molecule has 1 aliphatic rings. The van der Waals surface area contributed by atoms with Crippen molar-refractivity contribution in [3.05, 3.63) is 82.7 Å². The smallest absolute Gasteiger partial charge is 0.294 e. The van der Waals surface area contributed by atoms with Crippen LogP contribution in [-0.4, -0.2) is 34.4 Å². The fraction of sp³-hybridized carbons (Fsp3) is 0.0435. The van der Waals surface area contributed by atoms with Crippen LogP contribution in [0, 0.1) is 0 Å². The summed E-state index contributed by atoms with van der Waals surface area (Å²) in [5.74, 6) is -1.78.